The van der Waals surface area contributed by atoms with Crippen LogP contribution in [0, 0.1) is 17.9 Å². The summed E-state index contributed by atoms with van der Waals surface area (Å²) in [6.45, 7) is 0.863. The zero-order valence-electron chi connectivity index (χ0n) is 7.52. The van der Waals surface area contributed by atoms with E-state index in [1.807, 2.05) is 6.07 Å². The first-order chi connectivity index (χ1) is 6.72. The molecule has 0 unspecified atom stereocenters. The third kappa shape index (κ3) is 1.90. The van der Waals surface area contributed by atoms with Crippen LogP contribution in [-0.2, 0) is 4.74 Å². The van der Waals surface area contributed by atoms with E-state index in [9.17, 15) is 4.79 Å². The monoisotopic (exact) mass is 190 g/mol. The molecule has 0 aliphatic carbocycles. The van der Waals surface area contributed by atoms with E-state index in [2.05, 4.69) is 4.74 Å². The van der Waals surface area contributed by atoms with Crippen LogP contribution in [0.25, 0.3) is 0 Å². The Hall–Kier alpha value is -1.86. The predicted molar refractivity (Wildman–Crippen MR) is 47.8 cm³/mol. The number of nitriles is 1. The van der Waals surface area contributed by atoms with Gasteiger partial charge in [0.05, 0.1) is 18.2 Å². The number of esters is 1. The fourth-order valence-corrected chi connectivity index (χ4v) is 1.02. The van der Waals surface area contributed by atoms with Crippen LogP contribution in [0.1, 0.15) is 21.5 Å². The van der Waals surface area contributed by atoms with Gasteiger partial charge in [-0.05, 0) is 17.7 Å². The van der Waals surface area contributed by atoms with Crippen molar-refractivity contribution in [3.63, 3.8) is 0 Å². The van der Waals surface area contributed by atoms with Gasteiger partial charge < -0.3 is 9.84 Å². The van der Waals surface area contributed by atoms with Crippen LogP contribution in [0.2, 0.25) is 0 Å². The highest BCUT2D eigenvalue weighted by atomic mass is 16.5. The number of carbonyl (C=O) groups is 1. The van der Waals surface area contributed by atoms with Crippen LogP contribution in [0.3, 0.4) is 0 Å². The van der Waals surface area contributed by atoms with Crippen molar-refractivity contribution >= 4 is 5.97 Å². The summed E-state index contributed by atoms with van der Waals surface area (Å²) in [7, 11) is 1.25. The highest BCUT2D eigenvalue weighted by molar-refractivity contribution is 5.92. The van der Waals surface area contributed by atoms with Crippen molar-refractivity contribution in [2.75, 3.05) is 7.11 Å². The lowest BCUT2D eigenvalue weighted by atomic mass is 10.1. The number of nitrogens with zero attached hydrogens (tertiary/aromatic N) is 1. The highest BCUT2D eigenvalue weighted by Crippen LogP contribution is 2.12. The summed E-state index contributed by atoms with van der Waals surface area (Å²) in [4.78, 5) is 11.1. The Morgan fingerprint density at radius 1 is 1.64 bits per heavy atom. The normalized spacial score (nSPS) is 9.21. The number of aliphatic hydroxyl groups excluding tert-OH is 1. The zero-order chi connectivity index (χ0) is 10.6. The molecule has 0 saturated heterocycles. The summed E-state index contributed by atoms with van der Waals surface area (Å²) >= 11 is 0. The average molecular weight is 190 g/mol. The number of carbonyl (C=O) groups excluding carboxylic acids is 1. The summed E-state index contributed by atoms with van der Waals surface area (Å²) < 4.78 is 4.49. The van der Waals surface area contributed by atoms with Crippen molar-refractivity contribution < 1.29 is 14.6 Å². The van der Waals surface area contributed by atoms with E-state index in [-0.39, 0.29) is 11.1 Å². The van der Waals surface area contributed by atoms with Crippen molar-refractivity contribution in [1.29, 1.82) is 5.26 Å². The van der Waals surface area contributed by atoms with Crippen LogP contribution in [-0.4, -0.2) is 18.2 Å². The topological polar surface area (TPSA) is 70.3 Å². The van der Waals surface area contributed by atoms with E-state index < -0.39 is 5.97 Å². The van der Waals surface area contributed by atoms with Crippen molar-refractivity contribution in [2.45, 2.75) is 0 Å². The predicted octanol–water partition coefficient (Wildman–Crippen LogP) is 1.23. The Balaban J connectivity index is 3.20. The molecular weight excluding hydrogens is 182 g/mol. The van der Waals surface area contributed by atoms with Crippen molar-refractivity contribution in [3.8, 4) is 6.07 Å². The van der Waals surface area contributed by atoms with Gasteiger partial charge in [0.15, 0.2) is 0 Å². The number of rotatable bonds is 2. The number of ether oxygens (including phenoxy) is 1. The molecule has 0 saturated carbocycles. The molecule has 1 aromatic rings. The standard InChI is InChI=1S/C10H8NO3/c1-14-10(13)9-3-2-7(6-12)4-8(9)5-11/h2-4,6,12H,1H3. The minimum absolute atomic E-state index is 0.180. The molecule has 1 aromatic carbocycles. The minimum atomic E-state index is -0.564. The van der Waals surface area contributed by atoms with Gasteiger partial charge in [0.25, 0.3) is 0 Å². The molecule has 71 valence electrons. The summed E-state index contributed by atoms with van der Waals surface area (Å²) in [6, 6.07) is 6.22. The van der Waals surface area contributed by atoms with E-state index in [1.165, 1.54) is 25.3 Å². The Kier molecular flexibility index (Phi) is 3.21. The zero-order valence-corrected chi connectivity index (χ0v) is 7.52. The van der Waals surface area contributed by atoms with Gasteiger partial charge >= 0.3 is 5.97 Å². The lowest BCUT2D eigenvalue weighted by molar-refractivity contribution is 0.0600. The van der Waals surface area contributed by atoms with Crippen LogP contribution >= 0.6 is 0 Å². The van der Waals surface area contributed by atoms with Crippen molar-refractivity contribution in [1.82, 2.24) is 0 Å². The first-order valence-electron chi connectivity index (χ1n) is 3.83. The fourth-order valence-electron chi connectivity index (χ4n) is 1.02. The first kappa shape index (κ1) is 10.2. The second-order valence-corrected chi connectivity index (χ2v) is 2.54. The maximum atomic E-state index is 11.1. The second-order valence-electron chi connectivity index (χ2n) is 2.54. The van der Waals surface area contributed by atoms with Crippen LogP contribution in [0.5, 0.6) is 0 Å². The third-order valence-corrected chi connectivity index (χ3v) is 1.72. The molecule has 0 fully saturated rings. The summed E-state index contributed by atoms with van der Waals surface area (Å²) in [5.74, 6) is -0.564. The van der Waals surface area contributed by atoms with Gasteiger partial charge in [-0.25, -0.2) is 4.79 Å². The van der Waals surface area contributed by atoms with E-state index in [1.54, 1.807) is 0 Å². The van der Waals surface area contributed by atoms with Gasteiger partial charge in [-0.15, -0.1) is 0 Å². The Bertz CT molecular complexity index is 393. The van der Waals surface area contributed by atoms with Crippen molar-refractivity contribution in [2.24, 2.45) is 0 Å². The molecule has 0 heterocycles. The Morgan fingerprint density at radius 3 is 2.86 bits per heavy atom. The Labute approximate surface area is 81.4 Å². The largest absolute Gasteiger partial charge is 0.465 e. The molecule has 4 nitrogen and oxygen atoms in total. The van der Waals surface area contributed by atoms with E-state index >= 15 is 0 Å². The van der Waals surface area contributed by atoms with Gasteiger partial charge in [-0.3, -0.25) is 0 Å². The molecule has 4 heteroatoms. The molecule has 0 spiro atoms. The van der Waals surface area contributed by atoms with Gasteiger partial charge in [-0.1, -0.05) is 6.07 Å². The maximum Gasteiger partial charge on any atom is 0.339 e. The van der Waals surface area contributed by atoms with Crippen LogP contribution in [0.15, 0.2) is 18.2 Å². The minimum Gasteiger partial charge on any atom is -0.465 e. The number of hydrogen-bond donors (Lipinski definition) is 1. The molecule has 14 heavy (non-hydrogen) atoms. The molecule has 0 amide bonds. The summed E-state index contributed by atoms with van der Waals surface area (Å²) in [6.07, 6.45) is 0. The molecule has 0 aliphatic rings. The summed E-state index contributed by atoms with van der Waals surface area (Å²) in [5, 5.41) is 17.4. The number of aliphatic hydroxyl groups is 1. The van der Waals surface area contributed by atoms with E-state index in [4.69, 9.17) is 10.4 Å². The highest BCUT2D eigenvalue weighted by Gasteiger charge is 2.11. The summed E-state index contributed by atoms with van der Waals surface area (Å²) in [5.41, 5.74) is 0.842. The van der Waals surface area contributed by atoms with E-state index in [0.29, 0.717) is 5.56 Å². The fraction of sp³-hybridized carbons (Fsp3) is 0.100. The lowest BCUT2D eigenvalue weighted by Crippen LogP contribution is -2.04. The molecule has 0 aromatic heterocycles. The molecule has 1 rings (SSSR count). The molecule has 0 atom stereocenters. The first-order valence-corrected chi connectivity index (χ1v) is 3.83. The molecule has 0 aliphatic heterocycles. The Morgan fingerprint density at radius 2 is 2.36 bits per heavy atom. The number of hydrogen-bond acceptors (Lipinski definition) is 4. The second kappa shape index (κ2) is 4.40. The SMILES string of the molecule is COC(=O)c1ccc([CH]O)cc1C#N. The van der Waals surface area contributed by atoms with Gasteiger partial charge in [-0.2, -0.15) is 5.26 Å². The quantitative estimate of drug-likeness (QED) is 0.712. The lowest BCUT2D eigenvalue weighted by Gasteiger charge is -2.02. The van der Waals surface area contributed by atoms with E-state index in [0.717, 1.165) is 6.61 Å². The molecule has 0 bridgehead atoms. The van der Waals surface area contributed by atoms with Gasteiger partial charge in [0.1, 0.15) is 12.7 Å². The number of benzene rings is 1. The maximum absolute atomic E-state index is 11.1. The molecule has 1 radical (unpaired) electrons. The van der Waals surface area contributed by atoms with Gasteiger partial charge in [0.2, 0.25) is 0 Å². The van der Waals surface area contributed by atoms with Gasteiger partial charge in [0, 0.05) is 0 Å². The van der Waals surface area contributed by atoms with Crippen molar-refractivity contribution in [3.05, 3.63) is 41.5 Å². The molecular formula is C10H8NO3. The van der Waals surface area contributed by atoms with Crippen LogP contribution in [0.4, 0.5) is 0 Å². The van der Waals surface area contributed by atoms with Crippen LogP contribution < -0.4 is 0 Å². The number of methoxy groups -OCH3 is 1. The smallest absolute Gasteiger partial charge is 0.339 e. The third-order valence-electron chi connectivity index (χ3n) is 1.72. The molecule has 1 N–H and O–H groups in total. The average Bonchev–Trinajstić information content (AvgIpc) is 2.27.